The van der Waals surface area contributed by atoms with Gasteiger partial charge in [-0.25, -0.2) is 8.78 Å². The number of amides is 1. The number of aliphatic hydroxyl groups is 2. The number of hydrogen-bond acceptors (Lipinski definition) is 7. The van der Waals surface area contributed by atoms with Gasteiger partial charge >= 0.3 is 0 Å². The SMILES string of the molecule is CCc1cc(CNCC(F)F)c(O)c2c1CC1CC3CC(O)=C(C(N)=O)C(=O)C3C(O)=C1C2=O. The molecule has 0 fully saturated rings. The van der Waals surface area contributed by atoms with Gasteiger partial charge in [0, 0.05) is 24.1 Å². The van der Waals surface area contributed by atoms with Crippen LogP contribution < -0.4 is 11.1 Å². The van der Waals surface area contributed by atoms with E-state index in [-0.39, 0.29) is 35.4 Å². The topological polar surface area (TPSA) is 150 Å². The maximum atomic E-state index is 13.6. The molecular weight excluding hydrogens is 450 g/mol. The molecule has 3 aliphatic carbocycles. The third-order valence-corrected chi connectivity index (χ3v) is 7.05. The van der Waals surface area contributed by atoms with Crippen molar-refractivity contribution in [3.63, 3.8) is 0 Å². The van der Waals surface area contributed by atoms with Gasteiger partial charge in [-0.2, -0.15) is 0 Å². The first-order valence-electron chi connectivity index (χ1n) is 11.2. The average molecular weight is 476 g/mol. The normalized spacial score (nSPS) is 24.3. The number of nitrogens with two attached hydrogens (primary N) is 1. The van der Waals surface area contributed by atoms with Crippen LogP contribution in [0, 0.1) is 17.8 Å². The van der Waals surface area contributed by atoms with Crippen LogP contribution in [0.1, 0.15) is 46.8 Å². The Morgan fingerprint density at radius 2 is 1.91 bits per heavy atom. The van der Waals surface area contributed by atoms with Crippen molar-refractivity contribution in [3.8, 4) is 5.75 Å². The fourth-order valence-corrected chi connectivity index (χ4v) is 5.61. The summed E-state index contributed by atoms with van der Waals surface area (Å²) in [5.74, 6) is -5.91. The van der Waals surface area contributed by atoms with Gasteiger partial charge in [0.05, 0.1) is 18.0 Å². The number of aryl methyl sites for hydroxylation is 1. The van der Waals surface area contributed by atoms with Crippen molar-refractivity contribution in [2.45, 2.75) is 45.6 Å². The number of carbonyl (C=O) groups is 3. The second-order valence-corrected chi connectivity index (χ2v) is 9.03. The molecule has 1 amide bonds. The lowest BCUT2D eigenvalue weighted by molar-refractivity contribution is -0.126. The highest BCUT2D eigenvalue weighted by molar-refractivity contribution is 6.22. The summed E-state index contributed by atoms with van der Waals surface area (Å²) in [7, 11) is 0. The lowest BCUT2D eigenvalue weighted by Gasteiger charge is -2.41. The molecule has 0 radical (unpaired) electrons. The second-order valence-electron chi connectivity index (χ2n) is 9.03. The molecule has 8 nitrogen and oxygen atoms in total. The standard InChI is InChI=1S/C24H26F2N2O6/c1-2-9-3-12(7-28-8-15(25)26)20(30)18-13(9)5-10-4-11-6-14(29)19(24(27)34)23(33)17(11)21(31)16(10)22(18)32/h3,10-11,15,17,28-31H,2,4-8H2,1H3,(H2,27,34). The minimum absolute atomic E-state index is 0.00113. The van der Waals surface area contributed by atoms with Gasteiger partial charge in [-0.05, 0) is 42.2 Å². The number of rotatable bonds is 6. The molecule has 1 aromatic rings. The zero-order chi connectivity index (χ0) is 24.9. The van der Waals surface area contributed by atoms with Crippen LogP contribution in [-0.2, 0) is 29.0 Å². The summed E-state index contributed by atoms with van der Waals surface area (Å²) in [6.07, 6.45) is -1.42. The molecule has 0 saturated carbocycles. The van der Waals surface area contributed by atoms with Crippen LogP contribution in [0.3, 0.4) is 0 Å². The predicted octanol–water partition coefficient (Wildman–Crippen LogP) is 2.38. The number of phenols is 1. The Morgan fingerprint density at radius 3 is 2.53 bits per heavy atom. The average Bonchev–Trinajstić information content (AvgIpc) is 2.74. The first-order chi connectivity index (χ1) is 16.1. The van der Waals surface area contributed by atoms with E-state index in [4.69, 9.17) is 5.73 Å². The number of allylic oxidation sites excluding steroid dienone is 3. The molecule has 3 atom stereocenters. The number of phenolic OH excluding ortho intramolecular Hbond substituents is 1. The van der Waals surface area contributed by atoms with Gasteiger partial charge in [0.1, 0.15) is 22.8 Å². The maximum Gasteiger partial charge on any atom is 0.255 e. The second kappa shape index (κ2) is 8.83. The molecule has 3 unspecified atom stereocenters. The number of aromatic hydroxyl groups is 1. The zero-order valence-corrected chi connectivity index (χ0v) is 18.5. The van der Waals surface area contributed by atoms with E-state index in [1.165, 1.54) is 0 Å². The molecule has 0 heterocycles. The van der Waals surface area contributed by atoms with E-state index in [0.29, 0.717) is 24.8 Å². The maximum absolute atomic E-state index is 13.6. The van der Waals surface area contributed by atoms with Crippen LogP contribution >= 0.6 is 0 Å². The third kappa shape index (κ3) is 3.75. The predicted molar refractivity (Wildman–Crippen MR) is 116 cm³/mol. The molecule has 0 spiro atoms. The Hall–Kier alpha value is -3.27. The van der Waals surface area contributed by atoms with E-state index in [2.05, 4.69) is 5.32 Å². The minimum Gasteiger partial charge on any atom is -0.511 e. The third-order valence-electron chi connectivity index (χ3n) is 7.05. The molecule has 3 aliphatic rings. The summed E-state index contributed by atoms with van der Waals surface area (Å²) >= 11 is 0. The molecule has 182 valence electrons. The van der Waals surface area contributed by atoms with Crippen molar-refractivity contribution < 1.29 is 38.5 Å². The number of alkyl halides is 2. The summed E-state index contributed by atoms with van der Waals surface area (Å²) in [5.41, 5.74) is 6.37. The summed E-state index contributed by atoms with van der Waals surface area (Å²) in [6, 6.07) is 1.69. The fourth-order valence-electron chi connectivity index (χ4n) is 5.61. The molecule has 6 N–H and O–H groups in total. The van der Waals surface area contributed by atoms with Crippen LogP contribution in [0.25, 0.3) is 0 Å². The number of fused-ring (bicyclic) bond motifs is 3. The Morgan fingerprint density at radius 1 is 1.21 bits per heavy atom. The number of Topliss-reactive ketones (excluding diaryl/α,β-unsaturated/α-hetero) is 2. The molecule has 0 aromatic heterocycles. The van der Waals surface area contributed by atoms with Crippen molar-refractivity contribution in [2.24, 2.45) is 23.5 Å². The van der Waals surface area contributed by atoms with E-state index in [1.807, 2.05) is 6.92 Å². The van der Waals surface area contributed by atoms with Crippen molar-refractivity contribution in [2.75, 3.05) is 6.54 Å². The Kier molecular flexibility index (Phi) is 6.20. The summed E-state index contributed by atoms with van der Waals surface area (Å²) < 4.78 is 25.1. The molecular formula is C24H26F2N2O6. The number of carbonyl (C=O) groups excluding carboxylic acids is 3. The van der Waals surface area contributed by atoms with E-state index < -0.39 is 65.3 Å². The number of halogens is 2. The molecule has 0 bridgehead atoms. The lowest BCUT2D eigenvalue weighted by Crippen LogP contribution is -2.43. The lowest BCUT2D eigenvalue weighted by atomic mass is 9.62. The molecule has 4 rings (SSSR count). The molecule has 0 saturated heterocycles. The highest BCUT2D eigenvalue weighted by atomic mass is 19.3. The van der Waals surface area contributed by atoms with Gasteiger partial charge in [0.25, 0.3) is 12.3 Å². The highest BCUT2D eigenvalue weighted by Crippen LogP contribution is 2.50. The van der Waals surface area contributed by atoms with E-state index in [9.17, 15) is 38.5 Å². The first-order valence-corrected chi connectivity index (χ1v) is 11.2. The van der Waals surface area contributed by atoms with Crippen LogP contribution in [0.5, 0.6) is 5.75 Å². The number of ketones is 2. The van der Waals surface area contributed by atoms with Gasteiger partial charge in [-0.3, -0.25) is 14.4 Å². The smallest absolute Gasteiger partial charge is 0.255 e. The van der Waals surface area contributed by atoms with Gasteiger partial charge in [0.15, 0.2) is 11.6 Å². The number of aliphatic hydroxyl groups excluding tert-OH is 2. The van der Waals surface area contributed by atoms with Crippen molar-refractivity contribution in [1.82, 2.24) is 5.32 Å². The van der Waals surface area contributed by atoms with Crippen LogP contribution in [0.4, 0.5) is 8.78 Å². The largest absolute Gasteiger partial charge is 0.511 e. The summed E-state index contributed by atoms with van der Waals surface area (Å²) in [4.78, 5) is 38.1. The number of primary amides is 1. The van der Waals surface area contributed by atoms with Gasteiger partial charge in [-0.1, -0.05) is 13.0 Å². The molecule has 10 heteroatoms. The summed E-state index contributed by atoms with van der Waals surface area (Å²) in [6.45, 7) is 1.22. The van der Waals surface area contributed by atoms with Crippen molar-refractivity contribution >= 4 is 17.5 Å². The van der Waals surface area contributed by atoms with E-state index >= 15 is 0 Å². The first kappa shape index (κ1) is 23.9. The Labute approximate surface area is 194 Å². The number of nitrogens with one attached hydrogen (secondary N) is 1. The van der Waals surface area contributed by atoms with Gasteiger partial charge < -0.3 is 26.4 Å². The number of hydrogen-bond donors (Lipinski definition) is 5. The van der Waals surface area contributed by atoms with Crippen LogP contribution in [-0.4, -0.2) is 45.8 Å². The van der Waals surface area contributed by atoms with E-state index in [1.54, 1.807) is 6.07 Å². The van der Waals surface area contributed by atoms with Crippen LogP contribution in [0.15, 0.2) is 28.7 Å². The van der Waals surface area contributed by atoms with Crippen molar-refractivity contribution in [1.29, 1.82) is 0 Å². The Bertz CT molecular complexity index is 1160. The zero-order valence-electron chi connectivity index (χ0n) is 18.5. The Balaban J connectivity index is 1.78. The number of benzene rings is 1. The fraction of sp³-hybridized carbons (Fsp3) is 0.458. The van der Waals surface area contributed by atoms with Gasteiger partial charge in [-0.15, -0.1) is 0 Å². The van der Waals surface area contributed by atoms with Gasteiger partial charge in [0.2, 0.25) is 0 Å². The summed E-state index contributed by atoms with van der Waals surface area (Å²) in [5, 5.41) is 34.7. The minimum atomic E-state index is -2.57. The van der Waals surface area contributed by atoms with Crippen molar-refractivity contribution in [3.05, 3.63) is 51.0 Å². The monoisotopic (exact) mass is 476 g/mol. The van der Waals surface area contributed by atoms with E-state index in [0.717, 1.165) is 5.56 Å². The quantitative estimate of drug-likeness (QED) is 0.396. The van der Waals surface area contributed by atoms with Crippen LogP contribution in [0.2, 0.25) is 0 Å². The molecule has 34 heavy (non-hydrogen) atoms. The highest BCUT2D eigenvalue weighted by Gasteiger charge is 2.50. The molecule has 0 aliphatic heterocycles. The molecule has 1 aromatic carbocycles.